The van der Waals surface area contributed by atoms with E-state index in [9.17, 15) is 14.4 Å². The zero-order valence-electron chi connectivity index (χ0n) is 14.4. The smallest absolute Gasteiger partial charge is 0.221 e. The van der Waals surface area contributed by atoms with Crippen molar-refractivity contribution in [2.45, 2.75) is 32.2 Å². The lowest BCUT2D eigenvalue weighted by atomic mass is 10.1. The maximum Gasteiger partial charge on any atom is 0.221 e. The molecule has 0 saturated heterocycles. The lowest BCUT2D eigenvalue weighted by Crippen LogP contribution is -2.22. The van der Waals surface area contributed by atoms with E-state index in [4.69, 9.17) is 5.73 Å². The number of primary amides is 1. The first-order valence-electron chi connectivity index (χ1n) is 8.09. The third-order valence-corrected chi connectivity index (χ3v) is 5.77. The molecule has 0 unspecified atom stereocenters. The van der Waals surface area contributed by atoms with E-state index in [0.29, 0.717) is 32.2 Å². The Morgan fingerprint density at radius 2 is 1.48 bits per heavy atom. The highest BCUT2D eigenvalue weighted by atomic mass is 33.1. The molecule has 0 aliphatic heterocycles. The molecule has 0 aliphatic carbocycles. The Morgan fingerprint density at radius 1 is 0.920 bits per heavy atom. The molecule has 4 N–H and O–H groups in total. The van der Waals surface area contributed by atoms with Crippen LogP contribution in [0.25, 0.3) is 0 Å². The molecule has 1 aromatic rings. The van der Waals surface area contributed by atoms with Gasteiger partial charge >= 0.3 is 0 Å². The third kappa shape index (κ3) is 10.7. The zero-order chi connectivity index (χ0) is 18.5. The van der Waals surface area contributed by atoms with Crippen LogP contribution in [0.5, 0.6) is 0 Å². The fraction of sp³-hybridized carbons (Fsp3) is 0.471. The van der Waals surface area contributed by atoms with Crippen LogP contribution in [-0.4, -0.2) is 36.3 Å². The van der Waals surface area contributed by atoms with Gasteiger partial charge in [0, 0.05) is 44.4 Å². The fourth-order valence-corrected chi connectivity index (χ4v) is 3.87. The molecule has 3 amide bonds. The van der Waals surface area contributed by atoms with Crippen molar-refractivity contribution in [2.75, 3.05) is 18.6 Å². The monoisotopic (exact) mass is 383 g/mol. The SMILES string of the molecule is CNC(=O)CCSSCCC(=O)NCc1ccc(CCC(N)=O)cc1. The minimum absolute atomic E-state index is 0.0113. The Labute approximate surface area is 156 Å². The summed E-state index contributed by atoms with van der Waals surface area (Å²) < 4.78 is 0. The quantitative estimate of drug-likeness (QED) is 0.376. The summed E-state index contributed by atoms with van der Waals surface area (Å²) >= 11 is 0. The highest BCUT2D eigenvalue weighted by molar-refractivity contribution is 8.76. The van der Waals surface area contributed by atoms with Gasteiger partial charge in [-0.05, 0) is 17.5 Å². The lowest BCUT2D eigenvalue weighted by Gasteiger charge is -2.06. The number of nitrogens with two attached hydrogens (primary N) is 1. The van der Waals surface area contributed by atoms with Gasteiger partial charge in [-0.25, -0.2) is 0 Å². The maximum atomic E-state index is 11.8. The van der Waals surface area contributed by atoms with E-state index in [1.807, 2.05) is 24.3 Å². The van der Waals surface area contributed by atoms with E-state index < -0.39 is 0 Å². The van der Waals surface area contributed by atoms with Gasteiger partial charge in [0.1, 0.15) is 0 Å². The Kier molecular flexibility index (Phi) is 10.8. The first kappa shape index (κ1) is 21.4. The summed E-state index contributed by atoms with van der Waals surface area (Å²) in [7, 11) is 4.83. The topological polar surface area (TPSA) is 101 Å². The Hall–Kier alpha value is -1.67. The first-order valence-corrected chi connectivity index (χ1v) is 10.6. The number of amides is 3. The largest absolute Gasteiger partial charge is 0.370 e. The van der Waals surface area contributed by atoms with Crippen LogP contribution in [0.4, 0.5) is 0 Å². The highest BCUT2D eigenvalue weighted by Gasteiger charge is 2.03. The summed E-state index contributed by atoms with van der Waals surface area (Å²) in [5.74, 6) is 1.20. The number of carbonyl (C=O) groups excluding carboxylic acids is 3. The van der Waals surface area contributed by atoms with Crippen LogP contribution in [0.3, 0.4) is 0 Å². The third-order valence-electron chi connectivity index (χ3n) is 3.36. The molecule has 0 atom stereocenters. The van der Waals surface area contributed by atoms with Crippen LogP contribution in [0.2, 0.25) is 0 Å². The molecular formula is C17H25N3O3S2. The molecule has 0 spiro atoms. The average molecular weight is 384 g/mol. The van der Waals surface area contributed by atoms with E-state index in [2.05, 4.69) is 10.6 Å². The summed E-state index contributed by atoms with van der Waals surface area (Å²) in [5.41, 5.74) is 7.20. The lowest BCUT2D eigenvalue weighted by molar-refractivity contribution is -0.121. The second-order valence-corrected chi connectivity index (χ2v) is 8.08. The van der Waals surface area contributed by atoms with Crippen LogP contribution >= 0.6 is 21.6 Å². The first-order chi connectivity index (χ1) is 12.0. The fourth-order valence-electron chi connectivity index (χ4n) is 1.89. The molecule has 1 rings (SSSR count). The van der Waals surface area contributed by atoms with Crippen molar-refractivity contribution in [1.82, 2.24) is 10.6 Å². The molecule has 1 aromatic carbocycles. The number of aryl methyl sites for hydroxylation is 1. The van der Waals surface area contributed by atoms with Crippen LogP contribution in [0.15, 0.2) is 24.3 Å². The number of nitrogens with one attached hydrogen (secondary N) is 2. The minimum Gasteiger partial charge on any atom is -0.370 e. The van der Waals surface area contributed by atoms with Crippen molar-refractivity contribution in [1.29, 1.82) is 0 Å². The predicted molar refractivity (Wildman–Crippen MR) is 104 cm³/mol. The molecule has 138 valence electrons. The number of hydrogen-bond donors (Lipinski definition) is 3. The number of rotatable bonds is 12. The normalized spacial score (nSPS) is 10.3. The highest BCUT2D eigenvalue weighted by Crippen LogP contribution is 2.22. The van der Waals surface area contributed by atoms with E-state index in [0.717, 1.165) is 22.6 Å². The van der Waals surface area contributed by atoms with Crippen molar-refractivity contribution < 1.29 is 14.4 Å². The molecule has 0 bridgehead atoms. The van der Waals surface area contributed by atoms with Crippen molar-refractivity contribution in [3.8, 4) is 0 Å². The molecule has 0 fully saturated rings. The van der Waals surface area contributed by atoms with Gasteiger partial charge in [-0.3, -0.25) is 14.4 Å². The van der Waals surface area contributed by atoms with Gasteiger partial charge in [-0.2, -0.15) is 0 Å². The van der Waals surface area contributed by atoms with Gasteiger partial charge in [0.05, 0.1) is 0 Å². The van der Waals surface area contributed by atoms with Crippen LogP contribution in [0, 0.1) is 0 Å². The molecule has 8 heteroatoms. The van der Waals surface area contributed by atoms with E-state index in [-0.39, 0.29) is 17.7 Å². The van der Waals surface area contributed by atoms with Gasteiger partial charge in [-0.1, -0.05) is 45.9 Å². The van der Waals surface area contributed by atoms with Gasteiger partial charge in [0.25, 0.3) is 0 Å². The van der Waals surface area contributed by atoms with Crippen LogP contribution in [0.1, 0.15) is 30.4 Å². The maximum absolute atomic E-state index is 11.8. The summed E-state index contributed by atoms with van der Waals surface area (Å²) in [5, 5.41) is 5.46. The van der Waals surface area contributed by atoms with Crippen LogP contribution in [-0.2, 0) is 27.3 Å². The standard InChI is InChI=1S/C17H25N3O3S2/c1-19-16(22)8-10-24-25-11-9-17(23)20-12-14-4-2-13(3-5-14)6-7-15(18)21/h2-5H,6-12H2,1H3,(H2,18,21)(H,19,22)(H,20,23). The summed E-state index contributed by atoms with van der Waals surface area (Å²) in [4.78, 5) is 33.6. The Bertz CT molecular complexity index is 565. The van der Waals surface area contributed by atoms with Gasteiger partial charge < -0.3 is 16.4 Å². The molecular weight excluding hydrogens is 358 g/mol. The number of benzene rings is 1. The number of hydrogen-bond acceptors (Lipinski definition) is 5. The Balaban J connectivity index is 2.13. The molecule has 6 nitrogen and oxygen atoms in total. The van der Waals surface area contributed by atoms with E-state index >= 15 is 0 Å². The minimum atomic E-state index is -0.305. The number of carbonyl (C=O) groups is 3. The molecule has 0 radical (unpaired) electrons. The molecule has 0 aliphatic rings. The molecule has 0 heterocycles. The van der Waals surface area contributed by atoms with Crippen molar-refractivity contribution >= 4 is 39.3 Å². The van der Waals surface area contributed by atoms with E-state index in [1.54, 1.807) is 28.6 Å². The van der Waals surface area contributed by atoms with Gasteiger partial charge in [-0.15, -0.1) is 0 Å². The average Bonchev–Trinajstić information content (AvgIpc) is 2.61. The van der Waals surface area contributed by atoms with Crippen molar-refractivity contribution in [2.24, 2.45) is 5.73 Å². The second-order valence-electron chi connectivity index (χ2n) is 5.38. The summed E-state index contributed by atoms with van der Waals surface area (Å²) in [6, 6.07) is 7.78. The van der Waals surface area contributed by atoms with Crippen molar-refractivity contribution in [3.63, 3.8) is 0 Å². The van der Waals surface area contributed by atoms with Gasteiger partial charge in [0.15, 0.2) is 0 Å². The zero-order valence-corrected chi connectivity index (χ0v) is 16.0. The van der Waals surface area contributed by atoms with Gasteiger partial charge in [0.2, 0.25) is 17.7 Å². The molecule has 0 saturated carbocycles. The summed E-state index contributed by atoms with van der Waals surface area (Å²) in [6.45, 7) is 0.489. The van der Waals surface area contributed by atoms with E-state index in [1.165, 1.54) is 0 Å². The molecule has 0 aromatic heterocycles. The summed E-state index contributed by atoms with van der Waals surface area (Å²) in [6.07, 6.45) is 1.93. The molecule has 25 heavy (non-hydrogen) atoms. The van der Waals surface area contributed by atoms with Crippen molar-refractivity contribution in [3.05, 3.63) is 35.4 Å². The van der Waals surface area contributed by atoms with Crippen LogP contribution < -0.4 is 16.4 Å². The Morgan fingerprint density at radius 3 is 2.04 bits per heavy atom. The second kappa shape index (κ2) is 12.7. The predicted octanol–water partition coefficient (Wildman–Crippen LogP) is 1.63.